The van der Waals surface area contributed by atoms with E-state index in [2.05, 4.69) is 25.5 Å². The lowest BCUT2D eigenvalue weighted by molar-refractivity contribution is 0.531. The van der Waals surface area contributed by atoms with Crippen molar-refractivity contribution in [3.05, 3.63) is 24.5 Å². The van der Waals surface area contributed by atoms with Crippen molar-refractivity contribution in [1.29, 1.82) is 0 Å². The smallest absolute Gasteiger partial charge is 0.0845 e. The van der Waals surface area contributed by atoms with Crippen molar-refractivity contribution in [2.75, 3.05) is 0 Å². The lowest BCUT2D eigenvalue weighted by Gasteiger charge is -2.02. The molecule has 0 saturated carbocycles. The topological polar surface area (TPSA) is 17.8 Å². The van der Waals surface area contributed by atoms with Crippen LogP contribution in [-0.4, -0.2) is 9.78 Å². The molecule has 0 saturated heterocycles. The fourth-order valence-electron chi connectivity index (χ4n) is 0.749. The van der Waals surface area contributed by atoms with Gasteiger partial charge < -0.3 is 0 Å². The normalized spacial score (nSPS) is 10.3. The molecule has 0 N–H and O–H groups in total. The summed E-state index contributed by atoms with van der Waals surface area (Å²) in [6.45, 7) is 7.82. The van der Waals surface area contributed by atoms with E-state index >= 15 is 0 Å². The maximum atomic E-state index is 4.23. The summed E-state index contributed by atoms with van der Waals surface area (Å²) in [5.74, 6) is 0. The second-order valence-electron chi connectivity index (χ2n) is 2.52. The summed E-state index contributed by atoms with van der Waals surface area (Å²) in [6, 6.07) is 2.39. The van der Waals surface area contributed by atoms with Crippen LogP contribution >= 0.6 is 0 Å². The lowest BCUT2D eigenvalue weighted by Crippen LogP contribution is -2.00. The quantitative estimate of drug-likeness (QED) is 0.608. The van der Waals surface area contributed by atoms with Crippen LogP contribution < -0.4 is 0 Å². The van der Waals surface area contributed by atoms with Gasteiger partial charge >= 0.3 is 0 Å². The van der Waals surface area contributed by atoms with Gasteiger partial charge in [-0.05, 0) is 26.0 Å². The van der Waals surface area contributed by atoms with Crippen molar-refractivity contribution < 1.29 is 0 Å². The van der Waals surface area contributed by atoms with Crippen molar-refractivity contribution in [3.8, 4) is 0 Å². The highest BCUT2D eigenvalue weighted by molar-refractivity contribution is 5.39. The first-order valence-electron chi connectivity index (χ1n) is 3.41. The first kappa shape index (κ1) is 7.06. The summed E-state index contributed by atoms with van der Waals surface area (Å²) in [5.41, 5.74) is 0.939. The van der Waals surface area contributed by atoms with E-state index in [4.69, 9.17) is 0 Å². The predicted molar refractivity (Wildman–Crippen MR) is 42.7 cm³/mol. The minimum atomic E-state index is 0.439. The molecule has 0 aliphatic carbocycles. The van der Waals surface area contributed by atoms with Gasteiger partial charge in [-0.25, -0.2) is 0 Å². The Morgan fingerprint density at radius 2 is 2.40 bits per heavy atom. The maximum absolute atomic E-state index is 4.23. The van der Waals surface area contributed by atoms with Gasteiger partial charge in [0.25, 0.3) is 0 Å². The van der Waals surface area contributed by atoms with Crippen molar-refractivity contribution in [3.63, 3.8) is 0 Å². The van der Waals surface area contributed by atoms with E-state index in [1.165, 1.54) is 0 Å². The third-order valence-electron chi connectivity index (χ3n) is 1.37. The van der Waals surface area contributed by atoms with Gasteiger partial charge in [-0.15, -0.1) is 0 Å². The minimum absolute atomic E-state index is 0.439. The van der Waals surface area contributed by atoms with E-state index in [-0.39, 0.29) is 0 Å². The summed E-state index contributed by atoms with van der Waals surface area (Å²) < 4.78 is 1.91. The highest BCUT2D eigenvalue weighted by Gasteiger charge is 1.96. The van der Waals surface area contributed by atoms with E-state index in [0.29, 0.717) is 6.04 Å². The highest BCUT2D eigenvalue weighted by atomic mass is 15.3. The fraction of sp³-hybridized carbons (Fsp3) is 0.375. The van der Waals surface area contributed by atoms with Crippen molar-refractivity contribution in [2.45, 2.75) is 19.9 Å². The van der Waals surface area contributed by atoms with Crippen LogP contribution in [0.1, 0.15) is 25.6 Å². The molecule has 0 atom stereocenters. The molecule has 1 aromatic rings. The zero-order valence-electron chi connectivity index (χ0n) is 6.41. The molecule has 0 unspecified atom stereocenters. The number of nitrogens with zero attached hydrogens (tertiary/aromatic N) is 2. The Balaban J connectivity index is 2.88. The predicted octanol–water partition coefficient (Wildman–Crippen LogP) is 2.11. The molecule has 2 nitrogen and oxygen atoms in total. The molecule has 0 fully saturated rings. The summed E-state index contributed by atoms with van der Waals surface area (Å²) in [4.78, 5) is 0. The zero-order valence-corrected chi connectivity index (χ0v) is 6.41. The molecule has 1 heterocycles. The van der Waals surface area contributed by atoms with Crippen LogP contribution in [0.2, 0.25) is 0 Å². The average molecular weight is 136 g/mol. The number of hydrogen-bond donors (Lipinski definition) is 0. The van der Waals surface area contributed by atoms with Gasteiger partial charge in [-0.3, -0.25) is 4.68 Å². The average Bonchev–Trinajstić information content (AvgIpc) is 2.34. The SMILES string of the molecule is C=Cc1ccn(C(C)C)n1. The van der Waals surface area contributed by atoms with Crippen LogP contribution in [0.3, 0.4) is 0 Å². The second kappa shape index (κ2) is 2.69. The van der Waals surface area contributed by atoms with Gasteiger partial charge in [0.05, 0.1) is 5.69 Å². The Kier molecular flexibility index (Phi) is 1.90. The Labute approximate surface area is 61.2 Å². The second-order valence-corrected chi connectivity index (χ2v) is 2.52. The standard InChI is InChI=1S/C8H12N2/c1-4-8-5-6-10(9-8)7(2)3/h4-7H,1H2,2-3H3. The van der Waals surface area contributed by atoms with Gasteiger partial charge in [-0.1, -0.05) is 6.58 Å². The molecule has 2 heteroatoms. The molecule has 1 rings (SSSR count). The number of hydrogen-bond acceptors (Lipinski definition) is 1. The summed E-state index contributed by atoms with van der Waals surface area (Å²) in [7, 11) is 0. The molecular formula is C8H12N2. The number of rotatable bonds is 2. The van der Waals surface area contributed by atoms with Crippen molar-refractivity contribution >= 4 is 6.08 Å². The Morgan fingerprint density at radius 1 is 1.70 bits per heavy atom. The molecule has 10 heavy (non-hydrogen) atoms. The molecule has 54 valence electrons. The molecular weight excluding hydrogens is 124 g/mol. The van der Waals surface area contributed by atoms with Crippen LogP contribution in [-0.2, 0) is 0 Å². The molecule has 0 aliphatic rings. The van der Waals surface area contributed by atoms with E-state index in [1.807, 2.05) is 16.9 Å². The zero-order chi connectivity index (χ0) is 7.56. The van der Waals surface area contributed by atoms with Crippen LogP contribution in [0, 0.1) is 0 Å². The van der Waals surface area contributed by atoms with Gasteiger partial charge in [0, 0.05) is 12.2 Å². The minimum Gasteiger partial charge on any atom is -0.270 e. The van der Waals surface area contributed by atoms with E-state index in [1.54, 1.807) is 6.08 Å². The molecule has 1 aromatic heterocycles. The Hall–Kier alpha value is -1.05. The van der Waals surface area contributed by atoms with E-state index < -0.39 is 0 Å². The first-order chi connectivity index (χ1) is 4.74. The monoisotopic (exact) mass is 136 g/mol. The van der Waals surface area contributed by atoms with Crippen molar-refractivity contribution in [2.24, 2.45) is 0 Å². The lowest BCUT2D eigenvalue weighted by atomic mass is 10.4. The summed E-state index contributed by atoms with van der Waals surface area (Å²) >= 11 is 0. The Bertz CT molecular complexity index is 223. The molecule has 0 bridgehead atoms. The molecule has 0 radical (unpaired) electrons. The third kappa shape index (κ3) is 1.26. The summed E-state index contributed by atoms with van der Waals surface area (Å²) in [5, 5.41) is 4.23. The largest absolute Gasteiger partial charge is 0.270 e. The molecule has 0 aliphatic heterocycles. The molecule has 0 aromatic carbocycles. The number of aromatic nitrogens is 2. The molecule has 0 spiro atoms. The van der Waals surface area contributed by atoms with E-state index in [0.717, 1.165) is 5.69 Å². The third-order valence-corrected chi connectivity index (χ3v) is 1.37. The van der Waals surface area contributed by atoms with Gasteiger partial charge in [0.15, 0.2) is 0 Å². The van der Waals surface area contributed by atoms with Crippen molar-refractivity contribution in [1.82, 2.24) is 9.78 Å². The van der Waals surface area contributed by atoms with Crippen LogP contribution in [0.25, 0.3) is 6.08 Å². The van der Waals surface area contributed by atoms with Gasteiger partial charge in [0.1, 0.15) is 0 Å². The Morgan fingerprint density at radius 3 is 2.70 bits per heavy atom. The van der Waals surface area contributed by atoms with Crippen LogP contribution in [0.4, 0.5) is 0 Å². The maximum Gasteiger partial charge on any atom is 0.0845 e. The molecule has 0 amide bonds. The fourth-order valence-corrected chi connectivity index (χ4v) is 0.749. The summed E-state index contributed by atoms with van der Waals surface area (Å²) in [6.07, 6.45) is 3.71. The first-order valence-corrected chi connectivity index (χ1v) is 3.41. The van der Waals surface area contributed by atoms with Gasteiger partial charge in [-0.2, -0.15) is 5.10 Å². The highest BCUT2D eigenvalue weighted by Crippen LogP contribution is 2.03. The van der Waals surface area contributed by atoms with Gasteiger partial charge in [0.2, 0.25) is 0 Å². The van der Waals surface area contributed by atoms with Crippen LogP contribution in [0.5, 0.6) is 0 Å². The van der Waals surface area contributed by atoms with Crippen LogP contribution in [0.15, 0.2) is 18.8 Å². The van der Waals surface area contributed by atoms with E-state index in [9.17, 15) is 0 Å².